The van der Waals surface area contributed by atoms with Crippen molar-refractivity contribution in [3.05, 3.63) is 41.5 Å². The average molecular weight is 190 g/mol. The van der Waals surface area contributed by atoms with Gasteiger partial charge in [0.15, 0.2) is 12.6 Å². The highest BCUT2D eigenvalue weighted by Gasteiger charge is 2.10. The lowest BCUT2D eigenvalue weighted by Gasteiger charge is -2.05. The molecule has 0 saturated heterocycles. The number of hydrogen-bond donors (Lipinski definition) is 1. The molecular formula is C11H10O3. The van der Waals surface area contributed by atoms with E-state index in [1.54, 1.807) is 12.1 Å². The van der Waals surface area contributed by atoms with E-state index in [9.17, 15) is 14.7 Å². The molecule has 0 atom stereocenters. The van der Waals surface area contributed by atoms with Gasteiger partial charge >= 0.3 is 0 Å². The fourth-order valence-electron chi connectivity index (χ4n) is 1.23. The number of phenols is 1. The first-order valence-electron chi connectivity index (χ1n) is 4.10. The minimum atomic E-state index is -0.255. The quantitative estimate of drug-likeness (QED) is 0.581. The van der Waals surface area contributed by atoms with Crippen molar-refractivity contribution in [1.29, 1.82) is 0 Å². The van der Waals surface area contributed by atoms with Gasteiger partial charge in [0.25, 0.3) is 0 Å². The Hall–Kier alpha value is -1.90. The van der Waals surface area contributed by atoms with Crippen LogP contribution < -0.4 is 0 Å². The maximum Gasteiger partial charge on any atom is 0.154 e. The second-order valence-electron chi connectivity index (χ2n) is 2.80. The molecule has 3 nitrogen and oxygen atoms in total. The minimum Gasteiger partial charge on any atom is -0.506 e. The molecule has 14 heavy (non-hydrogen) atoms. The second kappa shape index (κ2) is 4.37. The molecule has 1 aromatic carbocycles. The standard InChI is InChI=1S/C11H10O3/c1-2-3-8-4-5-9(6-12)11(14)10(8)7-13/h2,4-7,14H,1,3H2. The molecule has 0 fully saturated rings. The van der Waals surface area contributed by atoms with Crippen LogP contribution in [0.2, 0.25) is 0 Å². The molecule has 0 aliphatic rings. The number of aromatic hydroxyl groups is 1. The van der Waals surface area contributed by atoms with Gasteiger partial charge in [-0.25, -0.2) is 0 Å². The van der Waals surface area contributed by atoms with Crippen LogP contribution in [0.3, 0.4) is 0 Å². The lowest BCUT2D eigenvalue weighted by Crippen LogP contribution is -1.95. The van der Waals surface area contributed by atoms with Gasteiger partial charge in [0.2, 0.25) is 0 Å². The van der Waals surface area contributed by atoms with Crippen LogP contribution in [0, 0.1) is 0 Å². The van der Waals surface area contributed by atoms with Crippen molar-refractivity contribution in [3.8, 4) is 5.75 Å². The van der Waals surface area contributed by atoms with Crippen molar-refractivity contribution in [2.24, 2.45) is 0 Å². The first kappa shape index (κ1) is 10.2. The fourth-order valence-corrected chi connectivity index (χ4v) is 1.23. The molecule has 0 saturated carbocycles. The average Bonchev–Trinajstić information content (AvgIpc) is 2.19. The third kappa shape index (κ3) is 1.71. The molecule has 0 radical (unpaired) electrons. The van der Waals surface area contributed by atoms with Gasteiger partial charge in [0.1, 0.15) is 5.75 Å². The number of carbonyl (C=O) groups is 2. The van der Waals surface area contributed by atoms with Crippen molar-refractivity contribution in [2.45, 2.75) is 6.42 Å². The summed E-state index contributed by atoms with van der Waals surface area (Å²) in [4.78, 5) is 21.1. The van der Waals surface area contributed by atoms with Crippen molar-refractivity contribution in [1.82, 2.24) is 0 Å². The molecule has 0 aromatic heterocycles. The maximum absolute atomic E-state index is 10.7. The molecule has 0 unspecified atom stereocenters. The molecule has 1 aromatic rings. The summed E-state index contributed by atoms with van der Waals surface area (Å²) in [5.74, 6) is -0.255. The van der Waals surface area contributed by atoms with Crippen molar-refractivity contribution >= 4 is 12.6 Å². The summed E-state index contributed by atoms with van der Waals surface area (Å²) in [6.45, 7) is 3.54. The fraction of sp³-hybridized carbons (Fsp3) is 0.0909. The topological polar surface area (TPSA) is 54.4 Å². The van der Waals surface area contributed by atoms with Crippen LogP contribution in [-0.2, 0) is 6.42 Å². The Balaban J connectivity index is 3.34. The summed E-state index contributed by atoms with van der Waals surface area (Å²) >= 11 is 0. The van der Waals surface area contributed by atoms with E-state index in [2.05, 4.69) is 6.58 Å². The van der Waals surface area contributed by atoms with Crippen LogP contribution in [0.15, 0.2) is 24.8 Å². The summed E-state index contributed by atoms with van der Waals surface area (Å²) in [6, 6.07) is 3.11. The predicted octanol–water partition coefficient (Wildman–Crippen LogP) is 1.75. The van der Waals surface area contributed by atoms with Gasteiger partial charge in [-0.3, -0.25) is 9.59 Å². The van der Waals surface area contributed by atoms with E-state index in [4.69, 9.17) is 0 Å². The molecule has 0 bridgehead atoms. The molecule has 0 amide bonds. The number of phenolic OH excluding ortho intramolecular Hbond substituents is 1. The van der Waals surface area contributed by atoms with Gasteiger partial charge in [-0.05, 0) is 18.1 Å². The third-order valence-electron chi connectivity index (χ3n) is 1.95. The van der Waals surface area contributed by atoms with E-state index in [-0.39, 0.29) is 16.9 Å². The molecule has 0 aliphatic carbocycles. The monoisotopic (exact) mass is 190 g/mol. The smallest absolute Gasteiger partial charge is 0.154 e. The molecule has 1 rings (SSSR count). The molecule has 3 heteroatoms. The number of hydrogen-bond acceptors (Lipinski definition) is 3. The third-order valence-corrected chi connectivity index (χ3v) is 1.95. The normalized spacial score (nSPS) is 9.43. The Morgan fingerprint density at radius 2 is 2.00 bits per heavy atom. The maximum atomic E-state index is 10.7. The van der Waals surface area contributed by atoms with Crippen LogP contribution in [-0.4, -0.2) is 17.7 Å². The van der Waals surface area contributed by atoms with Crippen LogP contribution >= 0.6 is 0 Å². The van der Waals surface area contributed by atoms with Crippen LogP contribution in [0.25, 0.3) is 0 Å². The zero-order chi connectivity index (χ0) is 10.6. The molecule has 1 N–H and O–H groups in total. The number of rotatable bonds is 4. The van der Waals surface area contributed by atoms with E-state index < -0.39 is 0 Å². The Kier molecular flexibility index (Phi) is 3.18. The number of allylic oxidation sites excluding steroid dienone is 1. The second-order valence-corrected chi connectivity index (χ2v) is 2.80. The van der Waals surface area contributed by atoms with Gasteiger partial charge < -0.3 is 5.11 Å². The Morgan fingerprint density at radius 1 is 1.29 bits per heavy atom. The first-order chi connectivity index (χ1) is 6.74. The Labute approximate surface area is 81.7 Å². The number of benzene rings is 1. The highest BCUT2D eigenvalue weighted by Crippen LogP contribution is 2.23. The first-order valence-corrected chi connectivity index (χ1v) is 4.10. The van der Waals surface area contributed by atoms with Crippen molar-refractivity contribution in [3.63, 3.8) is 0 Å². The van der Waals surface area contributed by atoms with E-state index >= 15 is 0 Å². The van der Waals surface area contributed by atoms with Gasteiger partial charge in [0.05, 0.1) is 11.1 Å². The van der Waals surface area contributed by atoms with Crippen molar-refractivity contribution in [2.75, 3.05) is 0 Å². The Bertz CT molecular complexity index is 380. The minimum absolute atomic E-state index is 0.125. The summed E-state index contributed by atoms with van der Waals surface area (Å²) in [6.07, 6.45) is 3.17. The number of carbonyl (C=O) groups excluding carboxylic acids is 2. The molecule has 0 aliphatic heterocycles. The SMILES string of the molecule is C=CCc1ccc(C=O)c(O)c1C=O. The highest BCUT2D eigenvalue weighted by molar-refractivity contribution is 5.89. The predicted molar refractivity (Wildman–Crippen MR) is 52.8 cm³/mol. The van der Waals surface area contributed by atoms with E-state index in [1.807, 2.05) is 0 Å². The van der Waals surface area contributed by atoms with Gasteiger partial charge in [0, 0.05) is 0 Å². The summed E-state index contributed by atoms with van der Waals surface area (Å²) in [5, 5.41) is 9.50. The Morgan fingerprint density at radius 3 is 2.50 bits per heavy atom. The zero-order valence-corrected chi connectivity index (χ0v) is 7.56. The molecular weight excluding hydrogens is 180 g/mol. The number of aldehydes is 2. The van der Waals surface area contributed by atoms with Crippen LogP contribution in [0.4, 0.5) is 0 Å². The van der Waals surface area contributed by atoms with Crippen LogP contribution in [0.1, 0.15) is 26.3 Å². The van der Waals surface area contributed by atoms with E-state index in [0.717, 1.165) is 0 Å². The zero-order valence-electron chi connectivity index (χ0n) is 7.56. The summed E-state index contributed by atoms with van der Waals surface area (Å²) < 4.78 is 0. The molecule has 0 spiro atoms. The van der Waals surface area contributed by atoms with Crippen LogP contribution in [0.5, 0.6) is 5.75 Å². The lowest BCUT2D eigenvalue weighted by molar-refractivity contribution is 0.111. The lowest BCUT2D eigenvalue weighted by atomic mass is 10.0. The molecule has 72 valence electrons. The van der Waals surface area contributed by atoms with E-state index in [1.165, 1.54) is 6.07 Å². The largest absolute Gasteiger partial charge is 0.506 e. The molecule has 0 heterocycles. The van der Waals surface area contributed by atoms with Gasteiger partial charge in [-0.15, -0.1) is 6.58 Å². The van der Waals surface area contributed by atoms with Gasteiger partial charge in [-0.1, -0.05) is 12.1 Å². The van der Waals surface area contributed by atoms with Crippen molar-refractivity contribution < 1.29 is 14.7 Å². The summed E-state index contributed by atoms with van der Waals surface area (Å²) in [7, 11) is 0. The van der Waals surface area contributed by atoms with E-state index in [0.29, 0.717) is 24.6 Å². The van der Waals surface area contributed by atoms with Gasteiger partial charge in [-0.2, -0.15) is 0 Å². The summed E-state index contributed by atoms with van der Waals surface area (Å²) in [5.41, 5.74) is 0.951. The highest BCUT2D eigenvalue weighted by atomic mass is 16.3.